The number of hydrogen-bond acceptors (Lipinski definition) is 5. The zero-order valence-corrected chi connectivity index (χ0v) is 19.3. The van der Waals surface area contributed by atoms with Crippen molar-refractivity contribution in [3.05, 3.63) is 95.6 Å². The zero-order valence-electron chi connectivity index (χ0n) is 18.5. The Morgan fingerprint density at radius 3 is 2.39 bits per heavy atom. The number of ketones is 1. The lowest BCUT2D eigenvalue weighted by molar-refractivity contribution is -0.113. The van der Waals surface area contributed by atoms with Crippen molar-refractivity contribution >= 4 is 29.1 Å². The molecule has 0 fully saturated rings. The van der Waals surface area contributed by atoms with Gasteiger partial charge in [0.2, 0.25) is 5.91 Å². The molecule has 0 radical (unpaired) electrons. The maximum absolute atomic E-state index is 12.7. The molecule has 33 heavy (non-hydrogen) atoms. The minimum absolute atomic E-state index is 0.0825. The Morgan fingerprint density at radius 2 is 1.64 bits per heavy atom. The van der Waals surface area contributed by atoms with E-state index in [0.717, 1.165) is 17.0 Å². The Kier molecular flexibility index (Phi) is 7.00. The Hall–Kier alpha value is -3.71. The van der Waals surface area contributed by atoms with Gasteiger partial charge in [-0.3, -0.25) is 9.59 Å². The van der Waals surface area contributed by atoms with Crippen molar-refractivity contribution in [1.82, 2.24) is 14.8 Å². The Bertz CT molecular complexity index is 1280. The summed E-state index contributed by atoms with van der Waals surface area (Å²) in [5, 5.41) is 12.2. The van der Waals surface area contributed by atoms with Crippen LogP contribution in [0.4, 0.5) is 5.69 Å². The molecule has 0 aliphatic rings. The molecule has 0 bridgehead atoms. The lowest BCUT2D eigenvalue weighted by Crippen LogP contribution is -2.15. The maximum atomic E-state index is 12.7. The van der Waals surface area contributed by atoms with E-state index < -0.39 is 0 Å². The van der Waals surface area contributed by atoms with Gasteiger partial charge in [0.25, 0.3) is 0 Å². The highest BCUT2D eigenvalue weighted by atomic mass is 32.2. The number of amides is 1. The monoisotopic (exact) mass is 456 g/mol. The molecule has 0 saturated heterocycles. The van der Waals surface area contributed by atoms with Crippen LogP contribution in [0.3, 0.4) is 0 Å². The summed E-state index contributed by atoms with van der Waals surface area (Å²) in [6.07, 6.45) is 0. The molecule has 0 spiro atoms. The molecule has 0 unspecified atom stereocenters. The third-order valence-corrected chi connectivity index (χ3v) is 6.16. The van der Waals surface area contributed by atoms with Crippen molar-refractivity contribution in [1.29, 1.82) is 0 Å². The summed E-state index contributed by atoms with van der Waals surface area (Å²) < 4.78 is 2.01. The van der Waals surface area contributed by atoms with Gasteiger partial charge in [-0.05, 0) is 31.5 Å². The molecule has 166 valence electrons. The highest BCUT2D eigenvalue weighted by molar-refractivity contribution is 7.99. The highest BCUT2D eigenvalue weighted by Crippen LogP contribution is 2.26. The number of nitrogens with zero attached hydrogens (tertiary/aromatic N) is 3. The number of carbonyl (C=O) groups is 2. The van der Waals surface area contributed by atoms with Crippen LogP contribution in [0, 0.1) is 6.92 Å². The van der Waals surface area contributed by atoms with Crippen LogP contribution >= 0.6 is 11.8 Å². The van der Waals surface area contributed by atoms with Crippen LogP contribution in [0.15, 0.2) is 84.0 Å². The Morgan fingerprint density at radius 1 is 0.909 bits per heavy atom. The molecule has 1 heterocycles. The molecular weight excluding hydrogens is 432 g/mol. The lowest BCUT2D eigenvalue weighted by Gasteiger charge is -2.10. The van der Waals surface area contributed by atoms with E-state index in [2.05, 4.69) is 15.5 Å². The molecule has 0 saturated carbocycles. The fourth-order valence-corrected chi connectivity index (χ4v) is 4.33. The number of thioether (sulfide) groups is 1. The van der Waals surface area contributed by atoms with Gasteiger partial charge in [0.05, 0.1) is 5.75 Å². The highest BCUT2D eigenvalue weighted by Gasteiger charge is 2.16. The van der Waals surface area contributed by atoms with Crippen molar-refractivity contribution in [2.45, 2.75) is 25.5 Å². The van der Waals surface area contributed by atoms with Crippen molar-refractivity contribution in [3.8, 4) is 11.4 Å². The average molecular weight is 457 g/mol. The number of benzene rings is 3. The van der Waals surface area contributed by atoms with Crippen molar-refractivity contribution in [3.63, 3.8) is 0 Å². The molecule has 0 aliphatic carbocycles. The van der Waals surface area contributed by atoms with E-state index in [1.54, 1.807) is 36.4 Å². The number of nitrogens with one attached hydrogen (secondary N) is 1. The fraction of sp³-hybridized carbons (Fsp3) is 0.154. The van der Waals surface area contributed by atoms with Crippen LogP contribution in [0.1, 0.15) is 28.4 Å². The minimum Gasteiger partial charge on any atom is -0.325 e. The first kappa shape index (κ1) is 22.5. The molecule has 1 amide bonds. The molecule has 7 heteroatoms. The molecule has 4 rings (SSSR count). The SMILES string of the molecule is CCn1c(SCC(=O)Nc2cccc(C(=O)c3ccccc3)c2)nnc1-c1ccccc1C. The summed E-state index contributed by atoms with van der Waals surface area (Å²) in [6, 6.07) is 24.1. The van der Waals surface area contributed by atoms with Gasteiger partial charge in [-0.2, -0.15) is 0 Å². The van der Waals surface area contributed by atoms with Crippen molar-refractivity contribution in [2.24, 2.45) is 0 Å². The van der Waals surface area contributed by atoms with Crippen LogP contribution in [0.2, 0.25) is 0 Å². The second kappa shape index (κ2) is 10.3. The summed E-state index contributed by atoms with van der Waals surface area (Å²) in [5.41, 5.74) is 3.88. The second-order valence-electron chi connectivity index (χ2n) is 7.48. The van der Waals surface area contributed by atoms with Gasteiger partial charge < -0.3 is 9.88 Å². The number of hydrogen-bond donors (Lipinski definition) is 1. The standard InChI is InChI=1S/C26H24N4O2S/c1-3-30-25(22-15-8-7-10-18(22)2)28-29-26(30)33-17-23(31)27-21-14-9-13-20(16-21)24(32)19-11-5-4-6-12-19/h4-16H,3,17H2,1-2H3,(H,27,31). The summed E-state index contributed by atoms with van der Waals surface area (Å²) in [4.78, 5) is 25.3. The predicted octanol–water partition coefficient (Wildman–Crippen LogP) is 5.24. The van der Waals surface area contributed by atoms with E-state index in [-0.39, 0.29) is 17.4 Å². The Balaban J connectivity index is 1.42. The third-order valence-electron chi connectivity index (χ3n) is 5.20. The zero-order chi connectivity index (χ0) is 23.2. The summed E-state index contributed by atoms with van der Waals surface area (Å²) in [7, 11) is 0. The first-order valence-electron chi connectivity index (χ1n) is 10.7. The van der Waals surface area contributed by atoms with Gasteiger partial charge in [0.15, 0.2) is 16.8 Å². The molecule has 1 aromatic heterocycles. The maximum Gasteiger partial charge on any atom is 0.234 e. The van der Waals surface area contributed by atoms with E-state index in [1.807, 2.05) is 60.9 Å². The minimum atomic E-state index is -0.174. The van der Waals surface area contributed by atoms with Gasteiger partial charge in [0, 0.05) is 28.9 Å². The smallest absolute Gasteiger partial charge is 0.234 e. The normalized spacial score (nSPS) is 10.7. The first-order valence-corrected chi connectivity index (χ1v) is 11.7. The topological polar surface area (TPSA) is 76.9 Å². The molecule has 3 aromatic carbocycles. The van der Waals surface area contributed by atoms with Crippen LogP contribution in [0.25, 0.3) is 11.4 Å². The van der Waals surface area contributed by atoms with Crippen molar-refractivity contribution < 1.29 is 9.59 Å². The third kappa shape index (κ3) is 5.21. The Labute approximate surface area is 197 Å². The van der Waals surface area contributed by atoms with E-state index in [9.17, 15) is 9.59 Å². The van der Waals surface area contributed by atoms with E-state index in [0.29, 0.717) is 28.5 Å². The molecule has 0 aliphatic heterocycles. The average Bonchev–Trinajstić information content (AvgIpc) is 3.26. The molecule has 6 nitrogen and oxygen atoms in total. The van der Waals surface area contributed by atoms with E-state index in [1.165, 1.54) is 11.8 Å². The summed E-state index contributed by atoms with van der Waals surface area (Å²) >= 11 is 1.34. The number of aryl methyl sites for hydroxylation is 1. The molecule has 1 N–H and O–H groups in total. The summed E-state index contributed by atoms with van der Waals surface area (Å²) in [5.74, 6) is 0.724. The van der Waals surface area contributed by atoms with E-state index >= 15 is 0 Å². The fourth-order valence-electron chi connectivity index (χ4n) is 3.53. The largest absolute Gasteiger partial charge is 0.325 e. The van der Waals surface area contributed by atoms with Crippen LogP contribution in [0.5, 0.6) is 0 Å². The number of carbonyl (C=O) groups excluding carboxylic acids is 2. The van der Waals surface area contributed by atoms with Gasteiger partial charge in [-0.15, -0.1) is 10.2 Å². The van der Waals surface area contributed by atoms with Gasteiger partial charge >= 0.3 is 0 Å². The van der Waals surface area contributed by atoms with Gasteiger partial charge in [-0.1, -0.05) is 78.5 Å². The first-order chi connectivity index (χ1) is 16.1. The quantitative estimate of drug-likeness (QED) is 0.290. The molecule has 4 aromatic rings. The number of anilines is 1. The van der Waals surface area contributed by atoms with Gasteiger partial charge in [-0.25, -0.2) is 0 Å². The lowest BCUT2D eigenvalue weighted by atomic mass is 10.0. The summed E-state index contributed by atoms with van der Waals surface area (Å²) in [6.45, 7) is 4.77. The number of aromatic nitrogens is 3. The van der Waals surface area contributed by atoms with Crippen molar-refractivity contribution in [2.75, 3.05) is 11.1 Å². The molecule has 0 atom stereocenters. The molecular formula is C26H24N4O2S. The van der Waals surface area contributed by atoms with Crippen LogP contribution in [-0.4, -0.2) is 32.2 Å². The predicted molar refractivity (Wildman–Crippen MR) is 132 cm³/mol. The van der Waals surface area contributed by atoms with Crippen LogP contribution < -0.4 is 5.32 Å². The second-order valence-corrected chi connectivity index (χ2v) is 8.42. The van der Waals surface area contributed by atoms with E-state index in [4.69, 9.17) is 0 Å². The van der Waals surface area contributed by atoms with Crippen LogP contribution in [-0.2, 0) is 11.3 Å². The number of rotatable bonds is 8. The van der Waals surface area contributed by atoms with Gasteiger partial charge in [0.1, 0.15) is 0 Å².